The fourth-order valence-electron chi connectivity index (χ4n) is 8.04. The minimum Gasteiger partial charge on any atom is -0.310 e. The summed E-state index contributed by atoms with van der Waals surface area (Å²) in [5.74, 6) is 0. The molecule has 0 saturated carbocycles. The van der Waals surface area contributed by atoms with E-state index in [2.05, 4.69) is 195 Å². The molecule has 0 saturated heterocycles. The fraction of sp³-hybridized carbons (Fsp3) is 0.0800. The predicted octanol–water partition coefficient (Wildman–Crippen LogP) is 15.7. The van der Waals surface area contributed by atoms with Crippen LogP contribution >= 0.6 is 22.7 Å². The van der Waals surface area contributed by atoms with Gasteiger partial charge in [-0.3, -0.25) is 0 Å². The standard InChI is InChI=1S/C50H38N2S2/c1-31-10-7-14-37(22-31)51(38-15-8-11-32(2)23-38)40-18-20-42-44-25-35-28-48-45(26-36(35)27-47(44)53-49(42)29-40)43-21-19-41(30-50(43)54-48)52(39-16-9-12-33(3)24-39)46-17-6-5-13-34(46)4/h5-30H,1-4H3. The van der Waals surface area contributed by atoms with E-state index in [1.54, 1.807) is 0 Å². The lowest BCUT2D eigenvalue weighted by Gasteiger charge is -2.27. The van der Waals surface area contributed by atoms with Crippen LogP contribution in [-0.2, 0) is 0 Å². The second kappa shape index (κ2) is 12.9. The zero-order chi connectivity index (χ0) is 36.5. The maximum atomic E-state index is 2.41. The van der Waals surface area contributed by atoms with Gasteiger partial charge < -0.3 is 9.80 Å². The van der Waals surface area contributed by atoms with Crippen LogP contribution in [0.5, 0.6) is 0 Å². The van der Waals surface area contributed by atoms with Crippen LogP contribution in [0, 0.1) is 27.7 Å². The summed E-state index contributed by atoms with van der Waals surface area (Å²) in [5, 5.41) is 7.83. The Morgan fingerprint density at radius 2 is 0.759 bits per heavy atom. The predicted molar refractivity (Wildman–Crippen MR) is 238 cm³/mol. The first-order valence-electron chi connectivity index (χ1n) is 18.5. The molecule has 4 heteroatoms. The van der Waals surface area contributed by atoms with Crippen LogP contribution in [0.25, 0.3) is 51.1 Å². The van der Waals surface area contributed by atoms with E-state index in [0.717, 1.165) is 0 Å². The third-order valence-corrected chi connectivity index (χ3v) is 12.9. The van der Waals surface area contributed by atoms with Crippen molar-refractivity contribution in [2.24, 2.45) is 0 Å². The number of thiophene rings is 2. The second-order valence-electron chi connectivity index (χ2n) is 14.6. The summed E-state index contributed by atoms with van der Waals surface area (Å²) in [6, 6.07) is 58.6. The van der Waals surface area contributed by atoms with Gasteiger partial charge in [0.2, 0.25) is 0 Å². The van der Waals surface area contributed by atoms with E-state index < -0.39 is 0 Å². The van der Waals surface area contributed by atoms with Crippen LogP contribution in [0.1, 0.15) is 22.3 Å². The van der Waals surface area contributed by atoms with Crippen molar-refractivity contribution < 1.29 is 0 Å². The summed E-state index contributed by atoms with van der Waals surface area (Å²) >= 11 is 3.78. The third-order valence-electron chi connectivity index (χ3n) is 10.6. The second-order valence-corrected chi connectivity index (χ2v) is 16.8. The van der Waals surface area contributed by atoms with Crippen molar-refractivity contribution in [3.8, 4) is 0 Å². The van der Waals surface area contributed by atoms with E-state index in [1.165, 1.54) is 107 Å². The highest BCUT2D eigenvalue weighted by atomic mass is 32.1. The van der Waals surface area contributed by atoms with Gasteiger partial charge in [-0.15, -0.1) is 22.7 Å². The monoisotopic (exact) mass is 730 g/mol. The first-order valence-corrected chi connectivity index (χ1v) is 20.1. The number of anilines is 6. The van der Waals surface area contributed by atoms with Gasteiger partial charge in [0.05, 0.1) is 0 Å². The van der Waals surface area contributed by atoms with Crippen LogP contribution in [0.2, 0.25) is 0 Å². The molecule has 260 valence electrons. The van der Waals surface area contributed by atoms with Gasteiger partial charge in [-0.1, -0.05) is 66.7 Å². The molecule has 8 aromatic carbocycles. The Hall–Kier alpha value is -5.94. The summed E-state index contributed by atoms with van der Waals surface area (Å²) in [4.78, 5) is 4.78. The van der Waals surface area contributed by atoms with Crippen LogP contribution in [-0.4, -0.2) is 0 Å². The fourth-order valence-corrected chi connectivity index (χ4v) is 10.4. The average Bonchev–Trinajstić information content (AvgIpc) is 3.70. The zero-order valence-electron chi connectivity index (χ0n) is 30.7. The van der Waals surface area contributed by atoms with E-state index in [0.29, 0.717) is 0 Å². The highest BCUT2D eigenvalue weighted by Crippen LogP contribution is 2.45. The Kier molecular flexibility index (Phi) is 7.79. The Morgan fingerprint density at radius 3 is 1.24 bits per heavy atom. The molecule has 0 atom stereocenters. The van der Waals surface area contributed by atoms with Crippen molar-refractivity contribution in [1.82, 2.24) is 0 Å². The molecule has 2 nitrogen and oxygen atoms in total. The molecule has 54 heavy (non-hydrogen) atoms. The van der Waals surface area contributed by atoms with E-state index in [-0.39, 0.29) is 0 Å². The van der Waals surface area contributed by atoms with Gasteiger partial charge in [-0.05, 0) is 152 Å². The van der Waals surface area contributed by atoms with E-state index in [9.17, 15) is 0 Å². The van der Waals surface area contributed by atoms with Crippen LogP contribution in [0.4, 0.5) is 34.1 Å². The average molecular weight is 731 g/mol. The number of rotatable bonds is 6. The van der Waals surface area contributed by atoms with Gasteiger partial charge in [0.15, 0.2) is 0 Å². The minimum absolute atomic E-state index is 1.17. The lowest BCUT2D eigenvalue weighted by molar-refractivity contribution is 1.25. The smallest absolute Gasteiger partial charge is 0.0490 e. The molecule has 0 radical (unpaired) electrons. The van der Waals surface area contributed by atoms with E-state index in [4.69, 9.17) is 0 Å². The number of nitrogens with zero attached hydrogens (tertiary/aromatic N) is 2. The zero-order valence-corrected chi connectivity index (χ0v) is 32.4. The largest absolute Gasteiger partial charge is 0.310 e. The first-order chi connectivity index (χ1) is 26.4. The highest BCUT2D eigenvalue weighted by Gasteiger charge is 2.18. The lowest BCUT2D eigenvalue weighted by atomic mass is 10.0. The number of hydrogen-bond donors (Lipinski definition) is 0. The van der Waals surface area contributed by atoms with Crippen molar-refractivity contribution in [1.29, 1.82) is 0 Å². The summed E-state index contributed by atoms with van der Waals surface area (Å²) in [5.41, 5.74) is 12.1. The topological polar surface area (TPSA) is 6.48 Å². The summed E-state index contributed by atoms with van der Waals surface area (Å²) in [7, 11) is 0. The molecule has 0 bridgehead atoms. The Morgan fingerprint density at radius 1 is 0.333 bits per heavy atom. The number of para-hydroxylation sites is 1. The van der Waals surface area contributed by atoms with Crippen LogP contribution in [0.3, 0.4) is 0 Å². The van der Waals surface area contributed by atoms with Gasteiger partial charge in [-0.25, -0.2) is 0 Å². The van der Waals surface area contributed by atoms with Crippen molar-refractivity contribution >= 4 is 108 Å². The van der Waals surface area contributed by atoms with E-state index in [1.807, 2.05) is 22.7 Å². The molecule has 2 heterocycles. The number of aryl methyl sites for hydroxylation is 4. The molecule has 10 aromatic rings. The molecule has 0 unspecified atom stereocenters. The van der Waals surface area contributed by atoms with Gasteiger partial charge >= 0.3 is 0 Å². The molecule has 0 fully saturated rings. The molecule has 0 aliphatic heterocycles. The van der Waals surface area contributed by atoms with Gasteiger partial charge in [-0.2, -0.15) is 0 Å². The molecule has 0 amide bonds. The lowest BCUT2D eigenvalue weighted by Crippen LogP contribution is -2.11. The van der Waals surface area contributed by atoms with E-state index >= 15 is 0 Å². The molecule has 10 rings (SSSR count). The summed E-state index contributed by atoms with van der Waals surface area (Å²) in [6.45, 7) is 8.68. The van der Waals surface area contributed by atoms with Crippen molar-refractivity contribution in [2.45, 2.75) is 27.7 Å². The molecule has 0 spiro atoms. The summed E-state index contributed by atoms with van der Waals surface area (Å²) in [6.07, 6.45) is 0. The summed E-state index contributed by atoms with van der Waals surface area (Å²) < 4.78 is 5.24. The van der Waals surface area contributed by atoms with Crippen molar-refractivity contribution in [3.05, 3.63) is 180 Å². The maximum absolute atomic E-state index is 2.41. The number of fused-ring (bicyclic) bond motifs is 7. The number of hydrogen-bond acceptors (Lipinski definition) is 4. The van der Waals surface area contributed by atoms with Crippen molar-refractivity contribution in [3.63, 3.8) is 0 Å². The molecular weight excluding hydrogens is 693 g/mol. The van der Waals surface area contributed by atoms with Gasteiger partial charge in [0.1, 0.15) is 0 Å². The molecule has 0 aliphatic rings. The SMILES string of the molecule is Cc1cccc(N(c2cccc(C)c2)c2ccc3c(c2)sc2cc4cc5c(cc4cc23)sc2cc(N(c3cccc(C)c3)c3ccccc3C)ccc25)c1. The van der Waals surface area contributed by atoms with Crippen LogP contribution < -0.4 is 9.80 Å². The maximum Gasteiger partial charge on any atom is 0.0490 e. The van der Waals surface area contributed by atoms with Crippen LogP contribution in [0.15, 0.2) is 158 Å². The van der Waals surface area contributed by atoms with Crippen molar-refractivity contribution in [2.75, 3.05) is 9.80 Å². The Labute approximate surface area is 323 Å². The first kappa shape index (κ1) is 32.7. The number of benzene rings is 8. The molecule has 2 aromatic heterocycles. The Balaban J connectivity index is 1.08. The minimum atomic E-state index is 1.17. The Bertz CT molecular complexity index is 3030. The third kappa shape index (κ3) is 5.61. The van der Waals surface area contributed by atoms with Gasteiger partial charge in [0.25, 0.3) is 0 Å². The normalized spacial score (nSPS) is 11.7. The quantitative estimate of drug-likeness (QED) is 0.168. The van der Waals surface area contributed by atoms with Gasteiger partial charge in [0, 0.05) is 74.5 Å². The molecule has 0 N–H and O–H groups in total. The molecular formula is C50H38N2S2. The highest BCUT2D eigenvalue weighted by molar-refractivity contribution is 7.26. The molecule has 0 aliphatic carbocycles.